The summed E-state index contributed by atoms with van der Waals surface area (Å²) in [4.78, 5) is 0. The molecule has 1 aromatic carbocycles. The maximum Gasteiger partial charge on any atom is 0.152 e. The fourth-order valence-electron chi connectivity index (χ4n) is 0.674. The molecule has 0 spiro atoms. The predicted octanol–water partition coefficient (Wildman–Crippen LogP) is 2.82. The second kappa shape index (κ2) is 4.35. The molecule has 0 atom stereocenters. The van der Waals surface area contributed by atoms with Crippen LogP contribution in [0.25, 0.3) is 0 Å². The van der Waals surface area contributed by atoms with Crippen LogP contribution < -0.4 is 0 Å². The first-order valence-electron chi connectivity index (χ1n) is 3.09. The van der Waals surface area contributed by atoms with Gasteiger partial charge in [-0.15, -0.1) is 0 Å². The van der Waals surface area contributed by atoms with Crippen molar-refractivity contribution >= 4 is 34.2 Å². The maximum atomic E-state index is 8.19. The molecule has 0 aliphatic heterocycles. The van der Waals surface area contributed by atoms with Gasteiger partial charge in [-0.25, -0.2) is 0 Å². The molecule has 0 saturated heterocycles. The fraction of sp³-hybridized carbons (Fsp3) is 0. The zero-order valence-corrected chi connectivity index (χ0v) is 8.85. The molecule has 0 N–H and O–H groups in total. The summed E-state index contributed by atoms with van der Waals surface area (Å²) < 4.78 is 0.983. The minimum Gasteiger partial charge on any atom is -0.183 e. The van der Waals surface area contributed by atoms with Gasteiger partial charge in [0.1, 0.15) is 0 Å². The molecule has 0 fully saturated rings. The standard InChI is InChI=1S/C9H3ClIN/c10-8-6-7(2-1-5-12)3-4-9(8)11/h3-4,6H. The Balaban J connectivity index is 3.07. The van der Waals surface area contributed by atoms with E-state index in [1.807, 2.05) is 12.1 Å². The van der Waals surface area contributed by atoms with Crippen molar-refractivity contribution in [1.82, 2.24) is 0 Å². The molecule has 0 saturated carbocycles. The molecule has 58 valence electrons. The van der Waals surface area contributed by atoms with Crippen LogP contribution in [0, 0.1) is 26.7 Å². The average molecular weight is 287 g/mol. The van der Waals surface area contributed by atoms with E-state index in [0.29, 0.717) is 5.02 Å². The van der Waals surface area contributed by atoms with E-state index in [9.17, 15) is 0 Å². The first-order valence-corrected chi connectivity index (χ1v) is 4.55. The van der Waals surface area contributed by atoms with Gasteiger partial charge in [0, 0.05) is 15.1 Å². The molecule has 3 heteroatoms. The zero-order valence-electron chi connectivity index (χ0n) is 5.94. The highest BCUT2D eigenvalue weighted by Gasteiger charge is 1.95. The van der Waals surface area contributed by atoms with E-state index in [1.54, 1.807) is 12.1 Å². The van der Waals surface area contributed by atoms with Crippen molar-refractivity contribution in [3.63, 3.8) is 0 Å². The predicted molar refractivity (Wildman–Crippen MR) is 56.7 cm³/mol. The Labute approximate surface area is 89.5 Å². The van der Waals surface area contributed by atoms with Gasteiger partial charge in [0.15, 0.2) is 6.07 Å². The highest BCUT2D eigenvalue weighted by atomic mass is 127. The number of hydrogen-bond donors (Lipinski definition) is 0. The quantitative estimate of drug-likeness (QED) is 0.532. The zero-order chi connectivity index (χ0) is 8.97. The molecule has 12 heavy (non-hydrogen) atoms. The Morgan fingerprint density at radius 1 is 1.42 bits per heavy atom. The van der Waals surface area contributed by atoms with Crippen LogP contribution in [-0.4, -0.2) is 0 Å². The SMILES string of the molecule is N#CC#Cc1ccc(I)c(Cl)c1. The average Bonchev–Trinajstić information content (AvgIpc) is 2.07. The highest BCUT2D eigenvalue weighted by molar-refractivity contribution is 14.1. The summed E-state index contributed by atoms with van der Waals surface area (Å²) >= 11 is 7.97. The molecule has 1 nitrogen and oxygen atoms in total. The molecule has 0 aromatic heterocycles. The van der Waals surface area contributed by atoms with Crippen molar-refractivity contribution in [2.75, 3.05) is 0 Å². The van der Waals surface area contributed by atoms with Crippen molar-refractivity contribution in [3.05, 3.63) is 32.4 Å². The summed E-state index contributed by atoms with van der Waals surface area (Å²) in [6.45, 7) is 0. The van der Waals surface area contributed by atoms with Gasteiger partial charge in [0.05, 0.1) is 5.02 Å². The van der Waals surface area contributed by atoms with Crippen molar-refractivity contribution in [2.24, 2.45) is 0 Å². The van der Waals surface area contributed by atoms with Gasteiger partial charge >= 0.3 is 0 Å². The summed E-state index contributed by atoms with van der Waals surface area (Å²) in [6, 6.07) is 7.18. The van der Waals surface area contributed by atoms with Crippen LogP contribution in [0.4, 0.5) is 0 Å². The molecule has 0 amide bonds. The third kappa shape index (κ3) is 2.41. The lowest BCUT2D eigenvalue weighted by Crippen LogP contribution is -1.77. The summed E-state index contributed by atoms with van der Waals surface area (Å²) in [6.07, 6.45) is 0. The Morgan fingerprint density at radius 3 is 2.75 bits per heavy atom. The van der Waals surface area contributed by atoms with E-state index in [1.165, 1.54) is 0 Å². The third-order valence-electron chi connectivity index (χ3n) is 1.18. The van der Waals surface area contributed by atoms with Crippen LogP contribution in [0.15, 0.2) is 18.2 Å². The van der Waals surface area contributed by atoms with E-state index in [2.05, 4.69) is 34.4 Å². The van der Waals surface area contributed by atoms with E-state index in [4.69, 9.17) is 16.9 Å². The molecular weight excluding hydrogens is 284 g/mol. The van der Waals surface area contributed by atoms with Crippen LogP contribution in [-0.2, 0) is 0 Å². The van der Waals surface area contributed by atoms with E-state index in [0.717, 1.165) is 9.13 Å². The minimum atomic E-state index is 0.667. The van der Waals surface area contributed by atoms with Crippen LogP contribution in [0.3, 0.4) is 0 Å². The molecule has 0 bridgehead atoms. The molecule has 0 heterocycles. The third-order valence-corrected chi connectivity index (χ3v) is 2.75. The van der Waals surface area contributed by atoms with Gasteiger partial charge in [-0.05, 0) is 40.8 Å². The second-order valence-electron chi connectivity index (χ2n) is 1.99. The number of rotatable bonds is 0. The van der Waals surface area contributed by atoms with E-state index < -0.39 is 0 Å². The van der Waals surface area contributed by atoms with Crippen molar-refractivity contribution < 1.29 is 0 Å². The fourth-order valence-corrected chi connectivity index (χ4v) is 1.19. The van der Waals surface area contributed by atoms with Crippen LogP contribution in [0.1, 0.15) is 5.56 Å². The maximum absolute atomic E-state index is 8.19. The van der Waals surface area contributed by atoms with Gasteiger partial charge < -0.3 is 0 Å². The summed E-state index contributed by atoms with van der Waals surface area (Å²) in [7, 11) is 0. The minimum absolute atomic E-state index is 0.667. The lowest BCUT2D eigenvalue weighted by molar-refractivity contribution is 1.54. The van der Waals surface area contributed by atoms with Crippen molar-refractivity contribution in [2.45, 2.75) is 0 Å². The van der Waals surface area contributed by atoms with Crippen LogP contribution in [0.2, 0.25) is 5.02 Å². The second-order valence-corrected chi connectivity index (χ2v) is 3.56. The Kier molecular flexibility index (Phi) is 3.40. The lowest BCUT2D eigenvalue weighted by Gasteiger charge is -1.94. The van der Waals surface area contributed by atoms with E-state index >= 15 is 0 Å². The summed E-state index contributed by atoms with van der Waals surface area (Å²) in [5.41, 5.74) is 0.766. The molecule has 0 aliphatic carbocycles. The first kappa shape index (κ1) is 9.38. The Hall–Kier alpha value is -0.710. The molecule has 1 aromatic rings. The Morgan fingerprint density at radius 2 is 2.17 bits per heavy atom. The number of benzene rings is 1. The number of nitrogens with zero attached hydrogens (tertiary/aromatic N) is 1. The summed E-state index contributed by atoms with van der Waals surface area (Å²) in [5, 5.41) is 8.86. The normalized spacial score (nSPS) is 8.08. The molecular formula is C9H3ClIN. The molecule has 0 radical (unpaired) electrons. The van der Waals surface area contributed by atoms with Crippen LogP contribution >= 0.6 is 34.2 Å². The number of halogens is 2. The Bertz CT molecular complexity index is 395. The monoisotopic (exact) mass is 287 g/mol. The largest absolute Gasteiger partial charge is 0.183 e. The van der Waals surface area contributed by atoms with Gasteiger partial charge in [0.25, 0.3) is 0 Å². The topological polar surface area (TPSA) is 23.8 Å². The molecule has 0 unspecified atom stereocenters. The number of nitriles is 1. The van der Waals surface area contributed by atoms with Crippen LogP contribution in [0.5, 0.6) is 0 Å². The van der Waals surface area contributed by atoms with Gasteiger partial charge in [-0.3, -0.25) is 0 Å². The number of hydrogen-bond acceptors (Lipinski definition) is 1. The first-order chi connectivity index (χ1) is 5.74. The van der Waals surface area contributed by atoms with E-state index in [-0.39, 0.29) is 0 Å². The van der Waals surface area contributed by atoms with Crippen molar-refractivity contribution in [3.8, 4) is 17.9 Å². The molecule has 1 rings (SSSR count). The van der Waals surface area contributed by atoms with Gasteiger partial charge in [-0.1, -0.05) is 17.5 Å². The highest BCUT2D eigenvalue weighted by Crippen LogP contribution is 2.18. The van der Waals surface area contributed by atoms with Gasteiger partial charge in [-0.2, -0.15) is 5.26 Å². The molecule has 0 aliphatic rings. The smallest absolute Gasteiger partial charge is 0.152 e. The summed E-state index contributed by atoms with van der Waals surface area (Å²) in [5.74, 6) is 4.97. The van der Waals surface area contributed by atoms with Crippen molar-refractivity contribution in [1.29, 1.82) is 5.26 Å². The van der Waals surface area contributed by atoms with Gasteiger partial charge in [0.2, 0.25) is 0 Å². The lowest BCUT2D eigenvalue weighted by atomic mass is 10.2.